The molecule has 3 aromatic rings. The van der Waals surface area contributed by atoms with Crippen molar-refractivity contribution in [2.75, 3.05) is 32.8 Å². The average molecular weight is 409 g/mol. The minimum atomic E-state index is 0.0257. The van der Waals surface area contributed by atoms with Crippen LogP contribution in [0.5, 0.6) is 5.75 Å². The van der Waals surface area contributed by atoms with Crippen LogP contribution in [0.15, 0.2) is 22.6 Å². The zero-order chi connectivity index (χ0) is 20.5. The Bertz CT molecular complexity index is 1050. The first-order valence-corrected chi connectivity index (χ1v) is 10.7. The molecule has 1 amide bonds. The summed E-state index contributed by atoms with van der Waals surface area (Å²) in [5.41, 5.74) is 2.23. The van der Waals surface area contributed by atoms with Crippen molar-refractivity contribution in [3.05, 3.63) is 41.2 Å². The normalized spacial score (nSPS) is 17.3. The van der Waals surface area contributed by atoms with Gasteiger partial charge in [0.2, 0.25) is 0 Å². The minimum Gasteiger partial charge on any atom is -0.484 e. The van der Waals surface area contributed by atoms with Gasteiger partial charge in [-0.2, -0.15) is 5.10 Å². The Kier molecular flexibility index (Phi) is 5.16. The molecule has 1 saturated heterocycles. The van der Waals surface area contributed by atoms with Gasteiger partial charge >= 0.3 is 0 Å². The molecule has 1 aliphatic heterocycles. The number of benzene rings is 1. The van der Waals surface area contributed by atoms with E-state index in [1.165, 1.54) is 18.4 Å². The fourth-order valence-electron chi connectivity index (χ4n) is 4.38. The van der Waals surface area contributed by atoms with Gasteiger partial charge in [-0.3, -0.25) is 14.8 Å². The van der Waals surface area contributed by atoms with Crippen molar-refractivity contribution in [3.63, 3.8) is 0 Å². The topological polar surface area (TPSA) is 87.5 Å². The molecule has 0 unspecified atom stereocenters. The van der Waals surface area contributed by atoms with E-state index < -0.39 is 0 Å². The van der Waals surface area contributed by atoms with Gasteiger partial charge in [-0.15, -0.1) is 0 Å². The van der Waals surface area contributed by atoms with E-state index in [2.05, 4.69) is 20.1 Å². The third kappa shape index (κ3) is 3.92. The molecule has 3 heterocycles. The summed E-state index contributed by atoms with van der Waals surface area (Å²) in [6, 6.07) is 5.87. The zero-order valence-corrected chi connectivity index (χ0v) is 17.3. The van der Waals surface area contributed by atoms with Crippen LogP contribution < -0.4 is 4.74 Å². The Balaban J connectivity index is 1.15. The highest BCUT2D eigenvalue weighted by molar-refractivity contribution is 5.84. The molecule has 0 atom stereocenters. The van der Waals surface area contributed by atoms with Crippen molar-refractivity contribution in [3.8, 4) is 5.75 Å². The maximum Gasteiger partial charge on any atom is 0.260 e. The van der Waals surface area contributed by atoms with E-state index in [1.807, 2.05) is 30.0 Å². The van der Waals surface area contributed by atoms with Crippen molar-refractivity contribution in [1.29, 1.82) is 0 Å². The second kappa shape index (κ2) is 8.10. The largest absolute Gasteiger partial charge is 0.484 e. The molecule has 158 valence electrons. The molecular formula is C22H27N5O3. The highest BCUT2D eigenvalue weighted by Crippen LogP contribution is 2.33. The fraction of sp³-hybridized carbons (Fsp3) is 0.500. The Labute approximate surface area is 175 Å². The molecule has 8 nitrogen and oxygen atoms in total. The number of carbonyl (C=O) groups excluding carboxylic acids is 1. The van der Waals surface area contributed by atoms with E-state index in [-0.39, 0.29) is 12.5 Å². The van der Waals surface area contributed by atoms with Gasteiger partial charge in [0.15, 0.2) is 12.4 Å². The lowest BCUT2D eigenvalue weighted by Gasteiger charge is -2.34. The van der Waals surface area contributed by atoms with Gasteiger partial charge in [-0.05, 0) is 44.4 Å². The molecule has 5 rings (SSSR count). The molecule has 1 N–H and O–H groups in total. The molecule has 1 aromatic carbocycles. The minimum absolute atomic E-state index is 0.0257. The number of aromatic amines is 1. The second-order valence-corrected chi connectivity index (χ2v) is 8.15. The summed E-state index contributed by atoms with van der Waals surface area (Å²) in [6.45, 7) is 5.67. The molecule has 1 fully saturated rings. The number of H-pyrrole nitrogens is 1. The summed E-state index contributed by atoms with van der Waals surface area (Å²) in [4.78, 5) is 21.1. The smallest absolute Gasteiger partial charge is 0.260 e. The quantitative estimate of drug-likeness (QED) is 0.697. The van der Waals surface area contributed by atoms with E-state index >= 15 is 0 Å². The number of furan rings is 1. The summed E-state index contributed by atoms with van der Waals surface area (Å²) in [5.74, 6) is 3.49. The lowest BCUT2D eigenvalue weighted by atomic mass is 9.96. The third-order valence-electron chi connectivity index (χ3n) is 6.02. The fourth-order valence-corrected chi connectivity index (χ4v) is 4.38. The van der Waals surface area contributed by atoms with E-state index in [9.17, 15) is 4.79 Å². The molecule has 2 aromatic heterocycles. The number of carbonyl (C=O) groups is 1. The molecule has 0 saturated carbocycles. The summed E-state index contributed by atoms with van der Waals surface area (Å²) in [7, 11) is 0. The molecule has 30 heavy (non-hydrogen) atoms. The van der Waals surface area contributed by atoms with Crippen molar-refractivity contribution >= 4 is 16.9 Å². The van der Waals surface area contributed by atoms with Gasteiger partial charge in [0, 0.05) is 43.5 Å². The number of rotatable bonds is 5. The van der Waals surface area contributed by atoms with Gasteiger partial charge in [0.05, 0.1) is 6.54 Å². The SMILES string of the molecule is Cc1nc(CN2CCN(C(=O)COc3ccc4oc5c(c4c3)CCCC5)CC2)n[nH]1. The van der Waals surface area contributed by atoms with Gasteiger partial charge in [0.1, 0.15) is 22.9 Å². The number of fused-ring (bicyclic) bond motifs is 3. The van der Waals surface area contributed by atoms with Gasteiger partial charge < -0.3 is 14.1 Å². The lowest BCUT2D eigenvalue weighted by Crippen LogP contribution is -2.49. The first kappa shape index (κ1) is 19.1. The molecule has 0 spiro atoms. The molecule has 8 heteroatoms. The summed E-state index contributed by atoms with van der Waals surface area (Å²) in [6.07, 6.45) is 4.46. The summed E-state index contributed by atoms with van der Waals surface area (Å²) >= 11 is 0. The summed E-state index contributed by atoms with van der Waals surface area (Å²) < 4.78 is 11.8. The number of nitrogens with zero attached hydrogens (tertiary/aromatic N) is 4. The molecular weight excluding hydrogens is 382 g/mol. The Morgan fingerprint density at radius 3 is 2.83 bits per heavy atom. The Hall–Kier alpha value is -2.87. The number of aryl methyl sites for hydroxylation is 3. The number of aromatic nitrogens is 3. The van der Waals surface area contributed by atoms with Crippen molar-refractivity contribution in [2.45, 2.75) is 39.2 Å². The number of hydrogen-bond acceptors (Lipinski definition) is 6. The Morgan fingerprint density at radius 2 is 2.03 bits per heavy atom. The first-order valence-electron chi connectivity index (χ1n) is 10.7. The average Bonchev–Trinajstić information content (AvgIpc) is 3.35. The zero-order valence-electron chi connectivity index (χ0n) is 17.3. The van der Waals surface area contributed by atoms with Crippen LogP contribution >= 0.6 is 0 Å². The van der Waals surface area contributed by atoms with E-state index in [1.54, 1.807) is 0 Å². The van der Waals surface area contributed by atoms with Crippen LogP contribution in [0.1, 0.15) is 35.8 Å². The molecule has 0 radical (unpaired) electrons. The predicted molar refractivity (Wildman–Crippen MR) is 111 cm³/mol. The Morgan fingerprint density at radius 1 is 1.20 bits per heavy atom. The van der Waals surface area contributed by atoms with Crippen LogP contribution in [-0.4, -0.2) is 63.7 Å². The number of nitrogens with one attached hydrogen (secondary N) is 1. The maximum atomic E-state index is 12.6. The van der Waals surface area contributed by atoms with Crippen molar-refractivity contribution < 1.29 is 13.9 Å². The number of amides is 1. The van der Waals surface area contributed by atoms with Crippen LogP contribution in [-0.2, 0) is 24.2 Å². The van der Waals surface area contributed by atoms with E-state index in [0.717, 1.165) is 60.1 Å². The number of hydrogen-bond donors (Lipinski definition) is 1. The second-order valence-electron chi connectivity index (χ2n) is 8.15. The molecule has 2 aliphatic rings. The molecule has 0 bridgehead atoms. The monoisotopic (exact) mass is 409 g/mol. The van der Waals surface area contributed by atoms with Crippen LogP contribution in [0.4, 0.5) is 0 Å². The van der Waals surface area contributed by atoms with Crippen molar-refractivity contribution in [1.82, 2.24) is 25.0 Å². The van der Waals surface area contributed by atoms with Gasteiger partial charge in [0.25, 0.3) is 5.91 Å². The van der Waals surface area contributed by atoms with Crippen LogP contribution in [0, 0.1) is 6.92 Å². The van der Waals surface area contributed by atoms with Crippen LogP contribution in [0.25, 0.3) is 11.0 Å². The highest BCUT2D eigenvalue weighted by atomic mass is 16.5. The molecule has 1 aliphatic carbocycles. The van der Waals surface area contributed by atoms with E-state index in [4.69, 9.17) is 9.15 Å². The van der Waals surface area contributed by atoms with Gasteiger partial charge in [-0.25, -0.2) is 4.98 Å². The van der Waals surface area contributed by atoms with Crippen LogP contribution in [0.3, 0.4) is 0 Å². The van der Waals surface area contributed by atoms with Crippen LogP contribution in [0.2, 0.25) is 0 Å². The standard InChI is InChI=1S/C22H27N5O3/c1-15-23-21(25-24-15)13-26-8-10-27(11-9-26)22(28)14-29-16-6-7-20-18(12-16)17-4-2-3-5-19(17)30-20/h6-7,12H,2-5,8-11,13-14H2,1H3,(H,23,24,25). The summed E-state index contributed by atoms with van der Waals surface area (Å²) in [5, 5.41) is 8.19. The van der Waals surface area contributed by atoms with E-state index in [0.29, 0.717) is 19.6 Å². The number of ether oxygens (including phenoxy) is 1. The first-order chi connectivity index (χ1) is 14.7. The van der Waals surface area contributed by atoms with Crippen molar-refractivity contribution in [2.24, 2.45) is 0 Å². The van der Waals surface area contributed by atoms with Gasteiger partial charge in [-0.1, -0.05) is 0 Å². The predicted octanol–water partition coefficient (Wildman–Crippen LogP) is 2.46. The third-order valence-corrected chi connectivity index (χ3v) is 6.02. The lowest BCUT2D eigenvalue weighted by molar-refractivity contribution is -0.135. The maximum absolute atomic E-state index is 12.6. The highest BCUT2D eigenvalue weighted by Gasteiger charge is 2.23. The number of piperazine rings is 1.